The van der Waals surface area contributed by atoms with Crippen LogP contribution in [0.5, 0.6) is 0 Å². The van der Waals surface area contributed by atoms with Gasteiger partial charge in [0.1, 0.15) is 5.82 Å². The Kier molecular flexibility index (Phi) is 3.26. The molecule has 2 N–H and O–H groups in total. The second-order valence-electron chi connectivity index (χ2n) is 3.89. The van der Waals surface area contributed by atoms with E-state index in [2.05, 4.69) is 26.2 Å². The molecule has 1 atom stereocenters. The van der Waals surface area contributed by atoms with E-state index in [1.165, 1.54) is 10.7 Å². The molecule has 0 aliphatic rings. The quantitative estimate of drug-likeness (QED) is 0.923. The zero-order valence-electron chi connectivity index (χ0n) is 9.48. The standard InChI is InChI=1S/C11H12BrFN4/c1-6-3-4-7(8(13)5-6)9(14)10-11(12)15-16-17(10)2/h3-5,9H,14H2,1-2H3. The third-order valence-corrected chi connectivity index (χ3v) is 3.18. The Bertz CT molecular complexity index is 533. The van der Waals surface area contributed by atoms with Crippen molar-refractivity contribution in [2.75, 3.05) is 0 Å². The maximum Gasteiger partial charge on any atom is 0.153 e. The summed E-state index contributed by atoms with van der Waals surface area (Å²) in [5.41, 5.74) is 7.98. The van der Waals surface area contributed by atoms with Crippen molar-refractivity contribution in [1.82, 2.24) is 15.0 Å². The highest BCUT2D eigenvalue weighted by molar-refractivity contribution is 9.10. The average Bonchev–Trinajstić information content (AvgIpc) is 2.58. The van der Waals surface area contributed by atoms with Crippen LogP contribution in [0.25, 0.3) is 0 Å². The largest absolute Gasteiger partial charge is 0.319 e. The van der Waals surface area contributed by atoms with Crippen LogP contribution in [0, 0.1) is 12.7 Å². The maximum atomic E-state index is 13.8. The molecule has 2 aromatic rings. The van der Waals surface area contributed by atoms with Crippen molar-refractivity contribution in [1.29, 1.82) is 0 Å². The summed E-state index contributed by atoms with van der Waals surface area (Å²) in [6.07, 6.45) is 0. The minimum Gasteiger partial charge on any atom is -0.319 e. The zero-order chi connectivity index (χ0) is 12.6. The average molecular weight is 299 g/mol. The molecule has 90 valence electrons. The molecule has 1 heterocycles. The normalized spacial score (nSPS) is 12.8. The van der Waals surface area contributed by atoms with E-state index in [1.807, 2.05) is 13.0 Å². The predicted molar refractivity (Wildman–Crippen MR) is 65.9 cm³/mol. The molecular weight excluding hydrogens is 287 g/mol. The van der Waals surface area contributed by atoms with Crippen LogP contribution < -0.4 is 5.73 Å². The highest BCUT2D eigenvalue weighted by Gasteiger charge is 2.20. The van der Waals surface area contributed by atoms with E-state index in [1.54, 1.807) is 13.1 Å². The fourth-order valence-electron chi connectivity index (χ4n) is 1.70. The van der Waals surface area contributed by atoms with Crippen LogP contribution in [0.2, 0.25) is 0 Å². The first-order chi connectivity index (χ1) is 8.00. The predicted octanol–water partition coefficient (Wildman–Crippen LogP) is 2.07. The third-order valence-electron chi connectivity index (χ3n) is 2.61. The smallest absolute Gasteiger partial charge is 0.153 e. The zero-order valence-corrected chi connectivity index (χ0v) is 11.1. The Morgan fingerprint density at radius 2 is 2.18 bits per heavy atom. The molecule has 0 fully saturated rings. The van der Waals surface area contributed by atoms with Gasteiger partial charge in [0.15, 0.2) is 4.60 Å². The lowest BCUT2D eigenvalue weighted by atomic mass is 10.0. The van der Waals surface area contributed by atoms with Gasteiger partial charge in [0.25, 0.3) is 0 Å². The van der Waals surface area contributed by atoms with Crippen LogP contribution >= 0.6 is 15.9 Å². The van der Waals surface area contributed by atoms with Crippen LogP contribution in [0.3, 0.4) is 0 Å². The van der Waals surface area contributed by atoms with Crippen molar-refractivity contribution in [2.45, 2.75) is 13.0 Å². The molecule has 2 rings (SSSR count). The molecule has 4 nitrogen and oxygen atoms in total. The van der Waals surface area contributed by atoms with Crippen molar-refractivity contribution in [2.24, 2.45) is 12.8 Å². The van der Waals surface area contributed by atoms with Crippen LogP contribution in [0.4, 0.5) is 4.39 Å². The molecule has 0 bridgehead atoms. The highest BCUT2D eigenvalue weighted by Crippen LogP contribution is 2.26. The Balaban J connectivity index is 2.47. The van der Waals surface area contributed by atoms with E-state index in [9.17, 15) is 4.39 Å². The lowest BCUT2D eigenvalue weighted by Gasteiger charge is -2.13. The number of aryl methyl sites for hydroxylation is 2. The van der Waals surface area contributed by atoms with Gasteiger partial charge in [-0.3, -0.25) is 0 Å². The summed E-state index contributed by atoms with van der Waals surface area (Å²) < 4.78 is 15.9. The number of aromatic nitrogens is 3. The second-order valence-corrected chi connectivity index (χ2v) is 4.64. The van der Waals surface area contributed by atoms with Crippen molar-refractivity contribution in [3.05, 3.63) is 45.4 Å². The van der Waals surface area contributed by atoms with Gasteiger partial charge >= 0.3 is 0 Å². The van der Waals surface area contributed by atoms with Gasteiger partial charge < -0.3 is 5.73 Å². The number of hydrogen-bond acceptors (Lipinski definition) is 3. The molecule has 0 aliphatic carbocycles. The molecule has 17 heavy (non-hydrogen) atoms. The molecule has 1 aromatic heterocycles. The summed E-state index contributed by atoms with van der Waals surface area (Å²) in [6.45, 7) is 1.83. The van der Waals surface area contributed by atoms with Gasteiger partial charge in [0, 0.05) is 12.6 Å². The molecule has 0 amide bonds. The van der Waals surface area contributed by atoms with Crippen LogP contribution in [0.1, 0.15) is 22.9 Å². The third kappa shape index (κ3) is 2.23. The number of nitrogens with zero attached hydrogens (tertiary/aromatic N) is 3. The van der Waals surface area contributed by atoms with E-state index < -0.39 is 6.04 Å². The Morgan fingerprint density at radius 1 is 1.47 bits per heavy atom. The van der Waals surface area contributed by atoms with Crippen molar-refractivity contribution < 1.29 is 4.39 Å². The van der Waals surface area contributed by atoms with Gasteiger partial charge in [-0.25, -0.2) is 9.07 Å². The second kappa shape index (κ2) is 4.54. The first-order valence-electron chi connectivity index (χ1n) is 5.07. The number of hydrogen-bond donors (Lipinski definition) is 1. The molecule has 0 spiro atoms. The van der Waals surface area contributed by atoms with Gasteiger partial charge in [0.05, 0.1) is 11.7 Å². The summed E-state index contributed by atoms with van der Waals surface area (Å²) in [5, 5.41) is 7.66. The Labute approximate surface area is 107 Å². The van der Waals surface area contributed by atoms with Crippen LogP contribution in [-0.2, 0) is 7.05 Å². The summed E-state index contributed by atoms with van der Waals surface area (Å²) in [4.78, 5) is 0. The van der Waals surface area contributed by atoms with Crippen molar-refractivity contribution >= 4 is 15.9 Å². The minimum absolute atomic E-state index is 0.314. The SMILES string of the molecule is Cc1ccc(C(N)c2c(Br)nnn2C)c(F)c1. The molecule has 0 saturated carbocycles. The topological polar surface area (TPSA) is 56.7 Å². The Hall–Kier alpha value is -1.27. The minimum atomic E-state index is -0.593. The van der Waals surface area contributed by atoms with E-state index in [0.717, 1.165) is 5.56 Å². The van der Waals surface area contributed by atoms with Gasteiger partial charge in [0.2, 0.25) is 0 Å². The molecular formula is C11H12BrFN4. The number of nitrogens with two attached hydrogens (primary N) is 1. The van der Waals surface area contributed by atoms with Gasteiger partial charge in [-0.05, 0) is 34.5 Å². The van der Waals surface area contributed by atoms with E-state index in [-0.39, 0.29) is 5.82 Å². The maximum absolute atomic E-state index is 13.8. The monoisotopic (exact) mass is 298 g/mol. The fourth-order valence-corrected chi connectivity index (χ4v) is 2.27. The lowest BCUT2D eigenvalue weighted by Crippen LogP contribution is -2.18. The molecule has 0 aliphatic heterocycles. The van der Waals surface area contributed by atoms with E-state index >= 15 is 0 Å². The van der Waals surface area contributed by atoms with Crippen LogP contribution in [0.15, 0.2) is 22.8 Å². The van der Waals surface area contributed by atoms with E-state index in [4.69, 9.17) is 5.73 Å². The Morgan fingerprint density at radius 3 is 2.71 bits per heavy atom. The molecule has 1 unspecified atom stereocenters. The molecule has 6 heteroatoms. The van der Waals surface area contributed by atoms with Crippen LogP contribution in [-0.4, -0.2) is 15.0 Å². The summed E-state index contributed by atoms with van der Waals surface area (Å²) in [6, 6.07) is 4.39. The number of rotatable bonds is 2. The summed E-state index contributed by atoms with van der Waals surface area (Å²) in [7, 11) is 1.72. The summed E-state index contributed by atoms with van der Waals surface area (Å²) in [5.74, 6) is -0.314. The summed E-state index contributed by atoms with van der Waals surface area (Å²) >= 11 is 3.26. The molecule has 0 radical (unpaired) electrons. The van der Waals surface area contributed by atoms with Gasteiger partial charge in [-0.2, -0.15) is 0 Å². The van der Waals surface area contributed by atoms with Crippen molar-refractivity contribution in [3.63, 3.8) is 0 Å². The number of halogens is 2. The van der Waals surface area contributed by atoms with Crippen molar-refractivity contribution in [3.8, 4) is 0 Å². The van der Waals surface area contributed by atoms with E-state index in [0.29, 0.717) is 15.9 Å². The lowest BCUT2D eigenvalue weighted by molar-refractivity contribution is 0.583. The number of benzene rings is 1. The fraction of sp³-hybridized carbons (Fsp3) is 0.273. The molecule has 1 aromatic carbocycles. The van der Waals surface area contributed by atoms with Gasteiger partial charge in [-0.1, -0.05) is 17.3 Å². The first kappa shape index (κ1) is 12.2. The highest BCUT2D eigenvalue weighted by atomic mass is 79.9. The first-order valence-corrected chi connectivity index (χ1v) is 5.86. The molecule has 0 saturated heterocycles. The van der Waals surface area contributed by atoms with Gasteiger partial charge in [-0.15, -0.1) is 5.10 Å².